The number of nitrogens with one attached hydrogen (secondary N) is 1. The molecule has 0 radical (unpaired) electrons. The van der Waals surface area contributed by atoms with Gasteiger partial charge in [-0.05, 0) is 61.8 Å². The Labute approximate surface area is 202 Å². The number of morpholine rings is 1. The molecule has 34 heavy (non-hydrogen) atoms. The maximum Gasteiger partial charge on any atom is 0.223 e. The molecule has 0 spiro atoms. The van der Waals surface area contributed by atoms with E-state index in [-0.39, 0.29) is 6.10 Å². The van der Waals surface area contributed by atoms with Crippen LogP contribution >= 0.6 is 11.6 Å². The summed E-state index contributed by atoms with van der Waals surface area (Å²) < 4.78 is 12.1. The molecule has 0 bridgehead atoms. The van der Waals surface area contributed by atoms with E-state index in [1.807, 2.05) is 12.3 Å². The van der Waals surface area contributed by atoms with Crippen molar-refractivity contribution in [3.8, 4) is 5.75 Å². The second-order valence-electron chi connectivity index (χ2n) is 9.11. The highest BCUT2D eigenvalue weighted by atomic mass is 35.5. The molecule has 1 aromatic carbocycles. The monoisotopic (exact) mass is 478 g/mol. The summed E-state index contributed by atoms with van der Waals surface area (Å²) in [4.78, 5) is 23.5. The van der Waals surface area contributed by atoms with Crippen LogP contribution in [0.1, 0.15) is 31.4 Å². The van der Waals surface area contributed by atoms with E-state index < -0.39 is 0 Å². The van der Waals surface area contributed by atoms with Crippen molar-refractivity contribution < 1.29 is 9.47 Å². The first-order valence-corrected chi connectivity index (χ1v) is 12.3. The predicted octanol–water partition coefficient (Wildman–Crippen LogP) is 4.57. The molecule has 2 aliphatic rings. The standard InChI is InChI=1S/C25H27ClN6O2/c26-25-30-19-5-6-28-23(19)21(31-25)13-16-1-3-18(4-2-16)34-22-15-17(32-9-11-33-12-10-32)14-20-24(22)29-8-7-27-20/h5-8,14-16,18,28H,1-4,9-13H2. The number of hydrogen-bond donors (Lipinski definition) is 1. The van der Waals surface area contributed by atoms with Gasteiger partial charge in [-0.1, -0.05) is 0 Å². The molecule has 4 aromatic rings. The van der Waals surface area contributed by atoms with Gasteiger partial charge in [-0.25, -0.2) is 15.0 Å². The van der Waals surface area contributed by atoms with Gasteiger partial charge in [0.25, 0.3) is 0 Å². The third kappa shape index (κ3) is 4.40. The van der Waals surface area contributed by atoms with Crippen LogP contribution in [0.4, 0.5) is 5.69 Å². The highest BCUT2D eigenvalue weighted by Gasteiger charge is 2.25. The maximum atomic E-state index is 6.56. The fourth-order valence-electron chi connectivity index (χ4n) is 5.15. The van der Waals surface area contributed by atoms with Crippen molar-refractivity contribution in [3.63, 3.8) is 0 Å². The zero-order valence-electron chi connectivity index (χ0n) is 18.9. The normalized spacial score (nSPS) is 21.3. The molecule has 6 rings (SSSR count). The summed E-state index contributed by atoms with van der Waals surface area (Å²) in [5.41, 5.74) is 5.68. The molecule has 1 saturated heterocycles. The number of benzene rings is 1. The van der Waals surface area contributed by atoms with Crippen LogP contribution in [-0.2, 0) is 11.2 Å². The number of rotatable bonds is 5. The van der Waals surface area contributed by atoms with Gasteiger partial charge in [0.05, 0.1) is 41.6 Å². The van der Waals surface area contributed by atoms with Gasteiger partial charge >= 0.3 is 0 Å². The quantitative estimate of drug-likeness (QED) is 0.420. The number of halogens is 1. The van der Waals surface area contributed by atoms with Gasteiger partial charge in [-0.3, -0.25) is 4.98 Å². The van der Waals surface area contributed by atoms with Gasteiger partial charge in [0.1, 0.15) is 11.3 Å². The van der Waals surface area contributed by atoms with Crippen molar-refractivity contribution in [1.29, 1.82) is 0 Å². The number of H-pyrrole nitrogens is 1. The topological polar surface area (TPSA) is 89.0 Å². The average Bonchev–Trinajstić information content (AvgIpc) is 3.34. The van der Waals surface area contributed by atoms with Crippen molar-refractivity contribution in [2.45, 2.75) is 38.2 Å². The highest BCUT2D eigenvalue weighted by Crippen LogP contribution is 2.35. The van der Waals surface area contributed by atoms with Crippen molar-refractivity contribution >= 4 is 39.4 Å². The molecule has 1 N–H and O–H groups in total. The predicted molar refractivity (Wildman–Crippen MR) is 132 cm³/mol. The molecule has 1 saturated carbocycles. The lowest BCUT2D eigenvalue weighted by molar-refractivity contribution is 0.122. The smallest absolute Gasteiger partial charge is 0.223 e. The van der Waals surface area contributed by atoms with Gasteiger partial charge in [-0.15, -0.1) is 0 Å². The first kappa shape index (κ1) is 21.6. The third-order valence-electron chi connectivity index (χ3n) is 6.92. The van der Waals surface area contributed by atoms with Crippen LogP contribution in [0.15, 0.2) is 36.8 Å². The second-order valence-corrected chi connectivity index (χ2v) is 9.45. The van der Waals surface area contributed by atoms with Crippen LogP contribution in [-0.4, -0.2) is 57.3 Å². The zero-order valence-corrected chi connectivity index (χ0v) is 19.7. The van der Waals surface area contributed by atoms with E-state index >= 15 is 0 Å². The average molecular weight is 479 g/mol. The molecule has 0 amide bonds. The zero-order chi connectivity index (χ0) is 22.9. The number of fused-ring (bicyclic) bond motifs is 2. The molecule has 0 atom stereocenters. The summed E-state index contributed by atoms with van der Waals surface area (Å²) in [6, 6.07) is 6.17. The first-order chi connectivity index (χ1) is 16.7. The number of aromatic nitrogens is 5. The lowest BCUT2D eigenvalue weighted by atomic mass is 9.84. The van der Waals surface area contributed by atoms with Crippen molar-refractivity contribution in [2.75, 3.05) is 31.2 Å². The summed E-state index contributed by atoms with van der Waals surface area (Å²) >= 11 is 6.15. The molecule has 1 aliphatic carbocycles. The van der Waals surface area contributed by atoms with Crippen LogP contribution in [0, 0.1) is 5.92 Å². The van der Waals surface area contributed by atoms with Gasteiger partial charge in [-0.2, -0.15) is 0 Å². The van der Waals surface area contributed by atoms with Crippen LogP contribution < -0.4 is 9.64 Å². The van der Waals surface area contributed by atoms with Crippen molar-refractivity contribution in [2.24, 2.45) is 5.92 Å². The van der Waals surface area contributed by atoms with E-state index in [2.05, 4.69) is 42.0 Å². The molecule has 8 nitrogen and oxygen atoms in total. The lowest BCUT2D eigenvalue weighted by Gasteiger charge is -2.31. The van der Waals surface area contributed by atoms with Crippen molar-refractivity contribution in [1.82, 2.24) is 24.9 Å². The third-order valence-corrected chi connectivity index (χ3v) is 7.09. The Hall–Kier alpha value is -2.97. The maximum absolute atomic E-state index is 6.56. The number of anilines is 1. The molecule has 4 heterocycles. The lowest BCUT2D eigenvalue weighted by Crippen LogP contribution is -2.36. The Kier molecular flexibility index (Phi) is 5.93. The number of ether oxygens (including phenoxy) is 2. The first-order valence-electron chi connectivity index (χ1n) is 12.0. The highest BCUT2D eigenvalue weighted by molar-refractivity contribution is 6.28. The Bertz CT molecular complexity index is 1300. The summed E-state index contributed by atoms with van der Waals surface area (Å²) in [5.74, 6) is 1.37. The molecule has 176 valence electrons. The van der Waals surface area contributed by atoms with E-state index in [0.29, 0.717) is 11.2 Å². The van der Waals surface area contributed by atoms with Gasteiger partial charge in [0.2, 0.25) is 5.28 Å². The Balaban J connectivity index is 1.16. The fourth-order valence-corrected chi connectivity index (χ4v) is 5.35. The van der Waals surface area contributed by atoms with E-state index in [4.69, 9.17) is 21.1 Å². The largest absolute Gasteiger partial charge is 0.488 e. The Morgan fingerprint density at radius 3 is 2.71 bits per heavy atom. The van der Waals surface area contributed by atoms with E-state index in [1.165, 1.54) is 0 Å². The van der Waals surface area contributed by atoms with Crippen LogP contribution in [0.3, 0.4) is 0 Å². The van der Waals surface area contributed by atoms with Crippen molar-refractivity contribution in [3.05, 3.63) is 47.8 Å². The van der Waals surface area contributed by atoms with E-state index in [1.54, 1.807) is 12.4 Å². The number of aromatic amines is 1. The fraction of sp³-hybridized carbons (Fsp3) is 0.440. The van der Waals surface area contributed by atoms with Gasteiger partial charge in [0.15, 0.2) is 0 Å². The molecular weight excluding hydrogens is 452 g/mol. The van der Waals surface area contributed by atoms with Crippen LogP contribution in [0.25, 0.3) is 22.1 Å². The summed E-state index contributed by atoms with van der Waals surface area (Å²) in [5, 5.41) is 0.312. The van der Waals surface area contributed by atoms with E-state index in [9.17, 15) is 0 Å². The molecular formula is C25H27ClN6O2. The Morgan fingerprint density at radius 2 is 1.85 bits per heavy atom. The molecule has 9 heteroatoms. The Morgan fingerprint density at radius 1 is 1.03 bits per heavy atom. The van der Waals surface area contributed by atoms with Crippen LogP contribution in [0.2, 0.25) is 5.28 Å². The van der Waals surface area contributed by atoms with Crippen LogP contribution in [0.5, 0.6) is 5.75 Å². The van der Waals surface area contributed by atoms with E-state index in [0.717, 1.165) is 97.6 Å². The summed E-state index contributed by atoms with van der Waals surface area (Å²) in [6.07, 6.45) is 10.6. The minimum absolute atomic E-state index is 0.167. The molecule has 3 aromatic heterocycles. The summed E-state index contributed by atoms with van der Waals surface area (Å²) in [6.45, 7) is 3.23. The molecule has 1 aliphatic heterocycles. The van der Waals surface area contributed by atoms with Gasteiger partial charge in [0, 0.05) is 43.4 Å². The van der Waals surface area contributed by atoms with Gasteiger partial charge < -0.3 is 19.4 Å². The second kappa shape index (κ2) is 9.35. The summed E-state index contributed by atoms with van der Waals surface area (Å²) in [7, 11) is 0. The number of nitrogens with zero attached hydrogens (tertiary/aromatic N) is 5. The molecule has 2 fully saturated rings. The number of hydrogen-bond acceptors (Lipinski definition) is 7. The minimum Gasteiger partial charge on any atom is -0.488 e. The minimum atomic E-state index is 0.167. The SMILES string of the molecule is Clc1nc(CC2CCC(Oc3cc(N4CCOCC4)cc4nccnc34)CC2)c2[nH]ccc2n1. The molecule has 0 unspecified atom stereocenters.